The fourth-order valence-corrected chi connectivity index (χ4v) is 1.03. The highest BCUT2D eigenvalue weighted by molar-refractivity contribution is 5.85. The molecule has 0 saturated carbocycles. The van der Waals surface area contributed by atoms with Gasteiger partial charge in [-0.2, -0.15) is 5.26 Å². The lowest BCUT2D eigenvalue weighted by Crippen LogP contribution is -2.17. The number of anilines is 1. The fraction of sp³-hybridized carbons (Fsp3) is 0.300. The van der Waals surface area contributed by atoms with Crippen molar-refractivity contribution in [3.05, 3.63) is 30.3 Å². The van der Waals surface area contributed by atoms with Crippen molar-refractivity contribution >= 4 is 18.1 Å². The lowest BCUT2D eigenvalue weighted by Gasteiger charge is -2.16. The highest BCUT2D eigenvalue weighted by atomic mass is 35.5. The lowest BCUT2D eigenvalue weighted by atomic mass is 10.3. The summed E-state index contributed by atoms with van der Waals surface area (Å²) < 4.78 is 0. The number of para-hydroxylation sites is 1. The standard InChI is InChI=1S/C10H12N2.ClH/c1-12(9-5-8-11)10-6-3-2-4-7-10;/h2-4,6-7H,5,9H2,1H3;1H. The molecule has 0 fully saturated rings. The van der Waals surface area contributed by atoms with Crippen LogP contribution in [0.25, 0.3) is 0 Å². The van der Waals surface area contributed by atoms with Gasteiger partial charge in [-0.1, -0.05) is 18.2 Å². The molecule has 1 aromatic rings. The molecular formula is C10H13ClN2. The van der Waals surface area contributed by atoms with E-state index in [1.54, 1.807) is 0 Å². The van der Waals surface area contributed by atoms with Gasteiger partial charge in [0.25, 0.3) is 0 Å². The van der Waals surface area contributed by atoms with Gasteiger partial charge in [-0.3, -0.25) is 0 Å². The first-order valence-corrected chi connectivity index (χ1v) is 3.97. The summed E-state index contributed by atoms with van der Waals surface area (Å²) in [4.78, 5) is 2.07. The molecule has 3 heteroatoms. The highest BCUT2D eigenvalue weighted by Gasteiger charge is 1.96. The van der Waals surface area contributed by atoms with E-state index in [1.807, 2.05) is 37.4 Å². The van der Waals surface area contributed by atoms with E-state index >= 15 is 0 Å². The maximum atomic E-state index is 8.39. The third-order valence-electron chi connectivity index (χ3n) is 1.76. The quantitative estimate of drug-likeness (QED) is 0.743. The summed E-state index contributed by atoms with van der Waals surface area (Å²) >= 11 is 0. The molecule has 1 rings (SSSR count). The molecule has 0 N–H and O–H groups in total. The monoisotopic (exact) mass is 196 g/mol. The van der Waals surface area contributed by atoms with Crippen LogP contribution in [0.4, 0.5) is 5.69 Å². The molecule has 0 aromatic heterocycles. The van der Waals surface area contributed by atoms with Crippen LogP contribution in [0.5, 0.6) is 0 Å². The Morgan fingerprint density at radius 2 is 1.92 bits per heavy atom. The Kier molecular flexibility index (Phi) is 5.75. The van der Waals surface area contributed by atoms with Crippen LogP contribution < -0.4 is 4.90 Å². The zero-order chi connectivity index (χ0) is 8.81. The molecular weight excluding hydrogens is 184 g/mol. The Bertz CT molecular complexity index is 266. The van der Waals surface area contributed by atoms with Crippen LogP contribution in [0.3, 0.4) is 0 Å². The van der Waals surface area contributed by atoms with Gasteiger partial charge in [0.05, 0.1) is 12.5 Å². The average Bonchev–Trinajstić information content (AvgIpc) is 2.15. The maximum absolute atomic E-state index is 8.39. The molecule has 0 atom stereocenters. The number of halogens is 1. The van der Waals surface area contributed by atoms with E-state index < -0.39 is 0 Å². The molecule has 0 amide bonds. The van der Waals surface area contributed by atoms with Crippen LogP contribution in [0.1, 0.15) is 6.42 Å². The minimum absolute atomic E-state index is 0. The predicted molar refractivity (Wildman–Crippen MR) is 57.2 cm³/mol. The second kappa shape index (κ2) is 6.33. The van der Waals surface area contributed by atoms with Crippen molar-refractivity contribution in [1.29, 1.82) is 5.26 Å². The van der Waals surface area contributed by atoms with Gasteiger partial charge in [0.15, 0.2) is 0 Å². The normalized spacial score (nSPS) is 8.31. The van der Waals surface area contributed by atoms with Gasteiger partial charge >= 0.3 is 0 Å². The van der Waals surface area contributed by atoms with Gasteiger partial charge in [0.1, 0.15) is 0 Å². The topological polar surface area (TPSA) is 27.0 Å². The Morgan fingerprint density at radius 1 is 1.31 bits per heavy atom. The smallest absolute Gasteiger partial charge is 0.0640 e. The van der Waals surface area contributed by atoms with Gasteiger partial charge in [-0.05, 0) is 12.1 Å². The highest BCUT2D eigenvalue weighted by Crippen LogP contribution is 2.10. The summed E-state index contributed by atoms with van der Waals surface area (Å²) in [5.41, 5.74) is 1.16. The van der Waals surface area contributed by atoms with Crippen LogP contribution in [-0.4, -0.2) is 13.6 Å². The first kappa shape index (κ1) is 11.8. The molecule has 0 bridgehead atoms. The summed E-state index contributed by atoms with van der Waals surface area (Å²) in [5, 5.41) is 8.39. The summed E-state index contributed by atoms with van der Waals surface area (Å²) in [6.45, 7) is 0.792. The third kappa shape index (κ3) is 3.82. The Morgan fingerprint density at radius 3 is 2.46 bits per heavy atom. The molecule has 0 radical (unpaired) electrons. The van der Waals surface area contributed by atoms with E-state index in [0.29, 0.717) is 6.42 Å². The van der Waals surface area contributed by atoms with E-state index in [1.165, 1.54) is 0 Å². The average molecular weight is 197 g/mol. The number of rotatable bonds is 3. The van der Waals surface area contributed by atoms with Crippen molar-refractivity contribution in [1.82, 2.24) is 0 Å². The van der Waals surface area contributed by atoms with Crippen LogP contribution in [0.2, 0.25) is 0 Å². The van der Waals surface area contributed by atoms with Crippen molar-refractivity contribution in [2.45, 2.75) is 6.42 Å². The molecule has 70 valence electrons. The molecule has 0 unspecified atom stereocenters. The van der Waals surface area contributed by atoms with E-state index in [2.05, 4.69) is 11.0 Å². The van der Waals surface area contributed by atoms with Gasteiger partial charge in [0, 0.05) is 19.3 Å². The van der Waals surface area contributed by atoms with Crippen molar-refractivity contribution in [3.63, 3.8) is 0 Å². The third-order valence-corrected chi connectivity index (χ3v) is 1.76. The van der Waals surface area contributed by atoms with Gasteiger partial charge in [-0.25, -0.2) is 0 Å². The summed E-state index contributed by atoms with van der Waals surface area (Å²) in [5.74, 6) is 0. The SMILES string of the molecule is CN(CCC#N)c1ccccc1.Cl. The molecule has 13 heavy (non-hydrogen) atoms. The van der Waals surface area contributed by atoms with Gasteiger partial charge in [0.2, 0.25) is 0 Å². The molecule has 0 aliphatic heterocycles. The van der Waals surface area contributed by atoms with Crippen molar-refractivity contribution in [2.24, 2.45) is 0 Å². The molecule has 2 nitrogen and oxygen atoms in total. The molecule has 1 aromatic carbocycles. The Labute approximate surface area is 85.2 Å². The van der Waals surface area contributed by atoms with Crippen molar-refractivity contribution in [2.75, 3.05) is 18.5 Å². The number of nitriles is 1. The van der Waals surface area contributed by atoms with Gasteiger partial charge < -0.3 is 4.90 Å². The van der Waals surface area contributed by atoms with E-state index in [0.717, 1.165) is 12.2 Å². The number of nitrogens with zero attached hydrogens (tertiary/aromatic N) is 2. The molecule has 0 spiro atoms. The molecule has 0 aliphatic carbocycles. The van der Waals surface area contributed by atoms with Crippen LogP contribution in [0, 0.1) is 11.3 Å². The second-order valence-electron chi connectivity index (χ2n) is 2.67. The van der Waals surface area contributed by atoms with Gasteiger partial charge in [-0.15, -0.1) is 12.4 Å². The zero-order valence-corrected chi connectivity index (χ0v) is 8.42. The predicted octanol–water partition coefficient (Wildman–Crippen LogP) is 2.46. The minimum Gasteiger partial charge on any atom is -0.374 e. The Balaban J connectivity index is 0.00000144. The molecule has 0 heterocycles. The van der Waals surface area contributed by atoms with E-state index in [9.17, 15) is 0 Å². The maximum Gasteiger partial charge on any atom is 0.0640 e. The molecule has 0 aliphatic rings. The minimum atomic E-state index is 0. The Hall–Kier alpha value is -1.20. The lowest BCUT2D eigenvalue weighted by molar-refractivity contribution is 0.905. The van der Waals surface area contributed by atoms with Crippen LogP contribution in [0.15, 0.2) is 30.3 Å². The van der Waals surface area contributed by atoms with E-state index in [-0.39, 0.29) is 12.4 Å². The van der Waals surface area contributed by atoms with Crippen molar-refractivity contribution < 1.29 is 0 Å². The van der Waals surface area contributed by atoms with Crippen molar-refractivity contribution in [3.8, 4) is 6.07 Å². The van der Waals surface area contributed by atoms with E-state index in [4.69, 9.17) is 5.26 Å². The first-order chi connectivity index (χ1) is 5.84. The summed E-state index contributed by atoms with van der Waals surface area (Å²) in [6, 6.07) is 12.2. The summed E-state index contributed by atoms with van der Waals surface area (Å²) in [7, 11) is 1.99. The van der Waals surface area contributed by atoms with Crippen LogP contribution in [-0.2, 0) is 0 Å². The largest absolute Gasteiger partial charge is 0.374 e. The zero-order valence-electron chi connectivity index (χ0n) is 7.60. The van der Waals surface area contributed by atoms with Crippen LogP contribution >= 0.6 is 12.4 Å². The number of benzene rings is 1. The molecule has 0 saturated heterocycles. The number of hydrogen-bond donors (Lipinski definition) is 0. The fourth-order valence-electron chi connectivity index (χ4n) is 1.03. The number of hydrogen-bond acceptors (Lipinski definition) is 2. The summed E-state index contributed by atoms with van der Waals surface area (Å²) in [6.07, 6.45) is 0.575. The second-order valence-corrected chi connectivity index (χ2v) is 2.67. The first-order valence-electron chi connectivity index (χ1n) is 3.97.